The van der Waals surface area contributed by atoms with Crippen LogP contribution in [-0.2, 0) is 19.1 Å². The fourth-order valence-electron chi connectivity index (χ4n) is 7.30. The molecule has 0 radical (unpaired) electrons. The Kier molecular flexibility index (Phi) is 5.63. The lowest BCUT2D eigenvalue weighted by atomic mass is 9.45. The average Bonchev–Trinajstić information content (AvgIpc) is 3.02. The summed E-state index contributed by atoms with van der Waals surface area (Å²) in [5.74, 6) is -0.979. The van der Waals surface area contributed by atoms with Crippen molar-refractivity contribution in [2.24, 2.45) is 22.7 Å². The summed E-state index contributed by atoms with van der Waals surface area (Å²) in [5.41, 5.74) is -2.31. The van der Waals surface area contributed by atoms with Gasteiger partial charge in [-0.15, -0.1) is 11.6 Å². The van der Waals surface area contributed by atoms with Gasteiger partial charge >= 0.3 is 6.16 Å². The molecule has 0 aromatic carbocycles. The summed E-state index contributed by atoms with van der Waals surface area (Å²) in [5, 5.41) is 21.3. The zero-order chi connectivity index (χ0) is 23.5. The van der Waals surface area contributed by atoms with Crippen LogP contribution in [0.3, 0.4) is 0 Å². The van der Waals surface area contributed by atoms with Gasteiger partial charge in [0.2, 0.25) is 5.78 Å². The number of aliphatic hydroxyl groups excluding tert-OH is 2. The van der Waals surface area contributed by atoms with Gasteiger partial charge < -0.3 is 19.7 Å². The van der Waals surface area contributed by atoms with Crippen LogP contribution in [0.1, 0.15) is 52.9 Å². The largest absolute Gasteiger partial charge is 0.509 e. The third-order valence-corrected chi connectivity index (χ3v) is 9.80. The predicted molar refractivity (Wildman–Crippen MR) is 116 cm³/mol. The normalized spacial score (nSPS) is 44.8. The summed E-state index contributed by atoms with van der Waals surface area (Å²) in [6.45, 7) is 4.78. The number of fused-ring (bicyclic) bond motifs is 5. The fourth-order valence-corrected chi connectivity index (χ4v) is 7.82. The van der Waals surface area contributed by atoms with E-state index >= 15 is 0 Å². The number of carbonyl (C=O) groups is 3. The summed E-state index contributed by atoms with van der Waals surface area (Å²) in [6, 6.07) is 0. The minimum atomic E-state index is -1.59. The molecule has 0 aromatic rings. The highest BCUT2D eigenvalue weighted by molar-refractivity contribution is 6.26. The van der Waals surface area contributed by atoms with Gasteiger partial charge in [0.15, 0.2) is 11.4 Å². The molecule has 7 nitrogen and oxygen atoms in total. The van der Waals surface area contributed by atoms with Crippen LogP contribution in [0, 0.1) is 22.7 Å². The van der Waals surface area contributed by atoms with E-state index in [1.807, 2.05) is 19.9 Å². The Morgan fingerprint density at radius 2 is 1.97 bits per heavy atom. The number of aliphatic hydroxyl groups is 2. The summed E-state index contributed by atoms with van der Waals surface area (Å²) in [4.78, 5) is 36.3. The molecule has 0 heterocycles. The third-order valence-electron chi connectivity index (χ3n) is 8.87. The Hall–Kier alpha value is -1.70. The second kappa shape index (κ2) is 7.67. The van der Waals surface area contributed by atoms with Crippen LogP contribution in [0.4, 0.5) is 4.79 Å². The topological polar surface area (TPSA) is 110 Å². The summed E-state index contributed by atoms with van der Waals surface area (Å²) < 4.78 is 10.6. The molecule has 2 N–H and O–H groups in total. The van der Waals surface area contributed by atoms with E-state index < -0.39 is 46.0 Å². The zero-order valence-electron chi connectivity index (χ0n) is 18.7. The van der Waals surface area contributed by atoms with Gasteiger partial charge in [0, 0.05) is 10.8 Å². The Balaban J connectivity index is 1.79. The first-order chi connectivity index (χ1) is 15.0. The van der Waals surface area contributed by atoms with Crippen molar-refractivity contribution >= 4 is 29.3 Å². The number of carbonyl (C=O) groups excluding carboxylic acids is 3. The Labute approximate surface area is 192 Å². The van der Waals surface area contributed by atoms with Crippen molar-refractivity contribution in [3.63, 3.8) is 0 Å². The number of rotatable bonds is 4. The first-order valence-electron chi connectivity index (χ1n) is 11.3. The van der Waals surface area contributed by atoms with Gasteiger partial charge in [-0.2, -0.15) is 0 Å². The van der Waals surface area contributed by atoms with Crippen LogP contribution in [-0.4, -0.2) is 57.7 Å². The van der Waals surface area contributed by atoms with Crippen molar-refractivity contribution < 1.29 is 34.1 Å². The highest BCUT2D eigenvalue weighted by atomic mass is 35.5. The molecule has 0 saturated heterocycles. The monoisotopic (exact) mass is 466 g/mol. The molecule has 0 bridgehead atoms. The standard InChI is InChI=1S/C24H31ClO7/c1-4-31-20(30)32-23(19(29)13-26)10-8-16-17-6-5-14-11-15(27)7-9-21(14,2)24(17,25)18(28)12-22(16,23)3/h7,9,11,16-18,26,28H,4-6,8,10,12-13H2,1-3H3/t16-,17-,18?,21-,22-,23-,24-/m0/s1. The molecule has 4 rings (SSSR count). The lowest BCUT2D eigenvalue weighted by molar-refractivity contribution is -0.179. The van der Waals surface area contributed by atoms with Crippen LogP contribution in [0.15, 0.2) is 23.8 Å². The minimum Gasteiger partial charge on any atom is -0.435 e. The molecule has 4 aliphatic rings. The maximum atomic E-state index is 13.1. The van der Waals surface area contributed by atoms with E-state index in [2.05, 4.69) is 0 Å². The SMILES string of the molecule is CCOC(=O)O[C@]1(C(=O)CO)CC[C@H]2[C@@H]3CCC4=CC(=O)C=C[C@]4(C)[C@@]3(Cl)C(O)C[C@@]21C. The van der Waals surface area contributed by atoms with Crippen LogP contribution in [0.25, 0.3) is 0 Å². The molecule has 7 atom stereocenters. The van der Waals surface area contributed by atoms with Gasteiger partial charge in [-0.05, 0) is 63.0 Å². The second-order valence-electron chi connectivity index (χ2n) is 10.00. The highest BCUT2D eigenvalue weighted by Crippen LogP contribution is 2.71. The predicted octanol–water partition coefficient (Wildman–Crippen LogP) is 3.10. The van der Waals surface area contributed by atoms with Crippen molar-refractivity contribution in [3.05, 3.63) is 23.8 Å². The molecule has 0 aliphatic heterocycles. The molecule has 0 spiro atoms. The molecule has 32 heavy (non-hydrogen) atoms. The van der Waals surface area contributed by atoms with Gasteiger partial charge in [-0.25, -0.2) is 4.79 Å². The number of hydrogen-bond donors (Lipinski definition) is 2. The summed E-state index contributed by atoms with van der Waals surface area (Å²) in [7, 11) is 0. The molecule has 0 aromatic heterocycles. The average molecular weight is 467 g/mol. The molecule has 3 fully saturated rings. The lowest BCUT2D eigenvalue weighted by Crippen LogP contribution is -2.69. The first-order valence-corrected chi connectivity index (χ1v) is 11.7. The Bertz CT molecular complexity index is 912. The van der Waals surface area contributed by atoms with Crippen LogP contribution in [0.2, 0.25) is 0 Å². The number of alkyl halides is 1. The quantitative estimate of drug-likeness (QED) is 0.483. The number of allylic oxidation sites excluding steroid dienone is 4. The van der Waals surface area contributed by atoms with Gasteiger partial charge in [0.1, 0.15) is 6.61 Å². The van der Waals surface area contributed by atoms with E-state index in [0.717, 1.165) is 5.57 Å². The van der Waals surface area contributed by atoms with E-state index in [1.165, 1.54) is 6.08 Å². The smallest absolute Gasteiger partial charge is 0.435 e. The third kappa shape index (κ3) is 2.83. The highest BCUT2D eigenvalue weighted by Gasteiger charge is 2.74. The first kappa shape index (κ1) is 23.5. The molecular weight excluding hydrogens is 436 g/mol. The second-order valence-corrected chi connectivity index (χ2v) is 10.6. The number of Topliss-reactive ketones (excluding diaryl/α,β-unsaturated/α-hetero) is 1. The van der Waals surface area contributed by atoms with Crippen molar-refractivity contribution in [2.45, 2.75) is 69.5 Å². The van der Waals surface area contributed by atoms with E-state index in [1.54, 1.807) is 13.0 Å². The van der Waals surface area contributed by atoms with E-state index in [9.17, 15) is 24.6 Å². The number of hydrogen-bond acceptors (Lipinski definition) is 7. The van der Waals surface area contributed by atoms with Crippen molar-refractivity contribution in [1.29, 1.82) is 0 Å². The minimum absolute atomic E-state index is 0.0809. The van der Waals surface area contributed by atoms with Crippen LogP contribution >= 0.6 is 11.6 Å². The molecular formula is C24H31ClO7. The molecule has 0 amide bonds. The van der Waals surface area contributed by atoms with E-state index in [-0.39, 0.29) is 37.1 Å². The van der Waals surface area contributed by atoms with Crippen molar-refractivity contribution in [3.8, 4) is 0 Å². The molecule has 4 aliphatic carbocycles. The zero-order valence-corrected chi connectivity index (χ0v) is 19.5. The molecule has 1 unspecified atom stereocenters. The van der Waals surface area contributed by atoms with Gasteiger partial charge in [-0.1, -0.05) is 25.5 Å². The molecule has 8 heteroatoms. The Morgan fingerprint density at radius 3 is 2.62 bits per heavy atom. The lowest BCUT2D eigenvalue weighted by Gasteiger charge is -2.63. The Morgan fingerprint density at radius 1 is 1.25 bits per heavy atom. The number of ketones is 2. The van der Waals surface area contributed by atoms with Crippen molar-refractivity contribution in [1.82, 2.24) is 0 Å². The van der Waals surface area contributed by atoms with E-state index in [0.29, 0.717) is 19.3 Å². The van der Waals surface area contributed by atoms with Crippen molar-refractivity contribution in [2.75, 3.05) is 13.2 Å². The van der Waals surface area contributed by atoms with Crippen LogP contribution in [0.5, 0.6) is 0 Å². The maximum Gasteiger partial charge on any atom is 0.509 e. The van der Waals surface area contributed by atoms with Gasteiger partial charge in [0.05, 0.1) is 17.6 Å². The summed E-state index contributed by atoms with van der Waals surface area (Å²) >= 11 is 7.36. The molecule has 3 saturated carbocycles. The van der Waals surface area contributed by atoms with Crippen LogP contribution < -0.4 is 0 Å². The molecule has 176 valence electrons. The summed E-state index contributed by atoms with van der Waals surface area (Å²) in [6.07, 6.45) is 5.17. The van der Waals surface area contributed by atoms with Gasteiger partial charge in [-0.3, -0.25) is 9.59 Å². The number of ether oxygens (including phenoxy) is 2. The fraction of sp³-hybridized carbons (Fsp3) is 0.708. The maximum absolute atomic E-state index is 13.1. The number of halogens is 1. The van der Waals surface area contributed by atoms with Gasteiger partial charge in [0.25, 0.3) is 0 Å². The van der Waals surface area contributed by atoms with E-state index in [4.69, 9.17) is 21.1 Å².